The van der Waals surface area contributed by atoms with E-state index >= 15 is 0 Å². The first-order chi connectivity index (χ1) is 8.69. The Labute approximate surface area is 111 Å². The highest BCUT2D eigenvalue weighted by molar-refractivity contribution is 6.31. The highest BCUT2D eigenvalue weighted by atomic mass is 35.5. The van der Waals surface area contributed by atoms with Crippen molar-refractivity contribution >= 4 is 17.5 Å². The molecule has 1 saturated heterocycles. The van der Waals surface area contributed by atoms with Crippen LogP contribution in [0.4, 0.5) is 0 Å². The zero-order valence-electron chi connectivity index (χ0n) is 9.87. The fourth-order valence-electron chi connectivity index (χ4n) is 1.92. The van der Waals surface area contributed by atoms with Crippen molar-refractivity contribution in [2.75, 3.05) is 6.54 Å². The van der Waals surface area contributed by atoms with Crippen LogP contribution in [0.15, 0.2) is 18.2 Å². The standard InChI is InChI=1S/C13H14ClN3O/c14-12-5-9(6-15)1-2-10(12)7-16-11-3-4-13(18)17-8-11/h1-2,5,11,16H,3-4,7-8H2,(H,17,18). The molecule has 1 atom stereocenters. The molecule has 0 bridgehead atoms. The van der Waals surface area contributed by atoms with Gasteiger partial charge >= 0.3 is 0 Å². The summed E-state index contributed by atoms with van der Waals surface area (Å²) in [5.74, 6) is 0.115. The van der Waals surface area contributed by atoms with Crippen LogP contribution in [-0.2, 0) is 11.3 Å². The topological polar surface area (TPSA) is 64.9 Å². The lowest BCUT2D eigenvalue weighted by atomic mass is 10.1. The van der Waals surface area contributed by atoms with Gasteiger partial charge in [-0.25, -0.2) is 0 Å². The van der Waals surface area contributed by atoms with Crippen LogP contribution in [0.3, 0.4) is 0 Å². The van der Waals surface area contributed by atoms with Crippen LogP contribution in [0.2, 0.25) is 5.02 Å². The van der Waals surface area contributed by atoms with Crippen LogP contribution in [0.25, 0.3) is 0 Å². The molecule has 2 rings (SSSR count). The number of hydrogen-bond donors (Lipinski definition) is 2. The first-order valence-corrected chi connectivity index (χ1v) is 6.25. The first kappa shape index (κ1) is 12.9. The molecule has 2 N–H and O–H groups in total. The molecule has 1 aromatic rings. The van der Waals surface area contributed by atoms with Crippen molar-refractivity contribution < 1.29 is 4.79 Å². The number of rotatable bonds is 3. The number of halogens is 1. The molecule has 0 saturated carbocycles. The van der Waals surface area contributed by atoms with Crippen molar-refractivity contribution in [3.63, 3.8) is 0 Å². The van der Waals surface area contributed by atoms with E-state index < -0.39 is 0 Å². The number of amides is 1. The van der Waals surface area contributed by atoms with Crippen molar-refractivity contribution in [2.24, 2.45) is 0 Å². The zero-order valence-corrected chi connectivity index (χ0v) is 10.6. The molecule has 5 heteroatoms. The molecule has 1 heterocycles. The number of carbonyl (C=O) groups excluding carboxylic acids is 1. The second-order valence-corrected chi connectivity index (χ2v) is 4.75. The zero-order chi connectivity index (χ0) is 13.0. The van der Waals surface area contributed by atoms with Gasteiger partial charge in [-0.2, -0.15) is 5.26 Å². The lowest BCUT2D eigenvalue weighted by Crippen LogP contribution is -2.45. The van der Waals surface area contributed by atoms with Gasteiger partial charge in [0.05, 0.1) is 11.6 Å². The van der Waals surface area contributed by atoms with Gasteiger partial charge in [0.1, 0.15) is 0 Å². The minimum Gasteiger partial charge on any atom is -0.355 e. The van der Waals surface area contributed by atoms with Gasteiger partial charge < -0.3 is 10.6 Å². The van der Waals surface area contributed by atoms with E-state index in [9.17, 15) is 4.79 Å². The number of nitriles is 1. The molecule has 1 fully saturated rings. The molecule has 1 aliphatic rings. The third-order valence-electron chi connectivity index (χ3n) is 3.03. The average Bonchev–Trinajstić information content (AvgIpc) is 2.39. The van der Waals surface area contributed by atoms with Crippen molar-refractivity contribution in [1.29, 1.82) is 5.26 Å². The van der Waals surface area contributed by atoms with Crippen LogP contribution in [-0.4, -0.2) is 18.5 Å². The van der Waals surface area contributed by atoms with E-state index in [4.69, 9.17) is 16.9 Å². The van der Waals surface area contributed by atoms with Gasteiger partial charge in [-0.1, -0.05) is 17.7 Å². The van der Waals surface area contributed by atoms with Gasteiger partial charge in [-0.15, -0.1) is 0 Å². The predicted molar refractivity (Wildman–Crippen MR) is 69.0 cm³/mol. The lowest BCUT2D eigenvalue weighted by molar-refractivity contribution is -0.122. The Balaban J connectivity index is 1.90. The Morgan fingerprint density at radius 3 is 3.00 bits per heavy atom. The van der Waals surface area contributed by atoms with Crippen molar-refractivity contribution in [3.8, 4) is 6.07 Å². The summed E-state index contributed by atoms with van der Waals surface area (Å²) < 4.78 is 0. The van der Waals surface area contributed by atoms with E-state index in [1.165, 1.54) is 0 Å². The number of nitrogens with one attached hydrogen (secondary N) is 2. The molecular weight excluding hydrogens is 250 g/mol. The molecule has 0 aliphatic carbocycles. The van der Waals surface area contributed by atoms with Gasteiger partial charge in [0.25, 0.3) is 0 Å². The maximum Gasteiger partial charge on any atom is 0.220 e. The summed E-state index contributed by atoms with van der Waals surface area (Å²) >= 11 is 6.09. The molecule has 18 heavy (non-hydrogen) atoms. The summed E-state index contributed by atoms with van der Waals surface area (Å²) in [6, 6.07) is 7.62. The minimum absolute atomic E-state index is 0.115. The number of piperidine rings is 1. The van der Waals surface area contributed by atoms with Crippen LogP contribution in [0.5, 0.6) is 0 Å². The van der Waals surface area contributed by atoms with Gasteiger partial charge in [0.2, 0.25) is 5.91 Å². The SMILES string of the molecule is N#Cc1ccc(CNC2CCC(=O)NC2)c(Cl)c1. The Morgan fingerprint density at radius 2 is 2.39 bits per heavy atom. The Morgan fingerprint density at radius 1 is 1.56 bits per heavy atom. The highest BCUT2D eigenvalue weighted by Gasteiger charge is 2.17. The number of hydrogen-bond acceptors (Lipinski definition) is 3. The average molecular weight is 264 g/mol. The Hall–Kier alpha value is -1.57. The Bertz CT molecular complexity index is 485. The van der Waals surface area contributed by atoms with Gasteiger partial charge in [-0.05, 0) is 24.1 Å². The van der Waals surface area contributed by atoms with E-state index in [1.807, 2.05) is 6.07 Å². The number of nitrogens with zero attached hydrogens (tertiary/aromatic N) is 1. The molecule has 0 spiro atoms. The summed E-state index contributed by atoms with van der Waals surface area (Å²) in [6.07, 6.45) is 1.42. The maximum absolute atomic E-state index is 11.0. The van der Waals surface area contributed by atoms with E-state index in [0.29, 0.717) is 30.1 Å². The van der Waals surface area contributed by atoms with Crippen LogP contribution >= 0.6 is 11.6 Å². The van der Waals surface area contributed by atoms with Crippen LogP contribution in [0, 0.1) is 11.3 Å². The summed E-state index contributed by atoms with van der Waals surface area (Å²) in [7, 11) is 0. The van der Waals surface area contributed by atoms with Crippen molar-refractivity contribution in [3.05, 3.63) is 34.3 Å². The third kappa shape index (κ3) is 3.22. The molecule has 1 aliphatic heterocycles. The predicted octanol–water partition coefficient (Wildman–Crippen LogP) is 1.58. The van der Waals surface area contributed by atoms with E-state index in [1.54, 1.807) is 12.1 Å². The smallest absolute Gasteiger partial charge is 0.220 e. The second-order valence-electron chi connectivity index (χ2n) is 4.34. The summed E-state index contributed by atoms with van der Waals surface area (Å²) in [6.45, 7) is 1.30. The van der Waals surface area contributed by atoms with Gasteiger partial charge in [0.15, 0.2) is 0 Å². The van der Waals surface area contributed by atoms with Crippen LogP contribution < -0.4 is 10.6 Å². The lowest BCUT2D eigenvalue weighted by Gasteiger charge is -2.23. The monoisotopic (exact) mass is 263 g/mol. The van der Waals surface area contributed by atoms with Gasteiger partial charge in [0, 0.05) is 30.6 Å². The molecule has 0 aromatic heterocycles. The van der Waals surface area contributed by atoms with Gasteiger partial charge in [-0.3, -0.25) is 4.79 Å². The second kappa shape index (κ2) is 5.85. The normalized spacial score (nSPS) is 19.1. The molecule has 1 unspecified atom stereocenters. The molecule has 1 amide bonds. The first-order valence-electron chi connectivity index (χ1n) is 5.87. The van der Waals surface area contributed by atoms with Crippen molar-refractivity contribution in [1.82, 2.24) is 10.6 Å². The van der Waals surface area contributed by atoms with Crippen LogP contribution in [0.1, 0.15) is 24.0 Å². The molecule has 0 radical (unpaired) electrons. The fourth-order valence-corrected chi connectivity index (χ4v) is 2.17. The summed E-state index contributed by atoms with van der Waals surface area (Å²) in [5.41, 5.74) is 1.53. The molecule has 4 nitrogen and oxygen atoms in total. The highest BCUT2D eigenvalue weighted by Crippen LogP contribution is 2.18. The Kier molecular flexibility index (Phi) is 4.19. The van der Waals surface area contributed by atoms with Crippen molar-refractivity contribution in [2.45, 2.75) is 25.4 Å². The molecule has 1 aromatic carbocycles. The summed E-state index contributed by atoms with van der Waals surface area (Å²) in [5, 5.41) is 15.5. The number of carbonyl (C=O) groups is 1. The largest absolute Gasteiger partial charge is 0.355 e. The minimum atomic E-state index is 0.115. The maximum atomic E-state index is 11.0. The third-order valence-corrected chi connectivity index (χ3v) is 3.38. The van der Waals surface area contributed by atoms with E-state index in [2.05, 4.69) is 16.7 Å². The quantitative estimate of drug-likeness (QED) is 0.870. The molecule has 94 valence electrons. The van der Waals surface area contributed by atoms with E-state index in [0.717, 1.165) is 12.0 Å². The number of benzene rings is 1. The van der Waals surface area contributed by atoms with E-state index in [-0.39, 0.29) is 11.9 Å². The fraction of sp³-hybridized carbons (Fsp3) is 0.385. The summed E-state index contributed by atoms with van der Waals surface area (Å²) in [4.78, 5) is 11.0. The molecular formula is C13H14ClN3O.